The predicted molar refractivity (Wildman–Crippen MR) is 142 cm³/mol. The van der Waals surface area contributed by atoms with Crippen molar-refractivity contribution in [2.75, 3.05) is 12.0 Å². The number of Topliss-reactive ketones (excluding diaryl/α,β-unsaturated/α-hetero) is 1. The van der Waals surface area contributed by atoms with Crippen molar-refractivity contribution in [2.45, 2.75) is 19.9 Å². The van der Waals surface area contributed by atoms with Crippen molar-refractivity contribution in [3.63, 3.8) is 0 Å². The Morgan fingerprint density at radius 3 is 2.68 bits per heavy atom. The van der Waals surface area contributed by atoms with Gasteiger partial charge in [0.15, 0.2) is 28.0 Å². The number of benzene rings is 3. The first-order valence-corrected chi connectivity index (χ1v) is 12.6. The number of para-hydroxylation sites is 1. The van der Waals surface area contributed by atoms with Gasteiger partial charge < -0.3 is 14.3 Å². The van der Waals surface area contributed by atoms with Gasteiger partial charge in [-0.2, -0.15) is 0 Å². The van der Waals surface area contributed by atoms with E-state index in [1.54, 1.807) is 24.3 Å². The van der Waals surface area contributed by atoms with Crippen LogP contribution in [0.4, 0.5) is 9.52 Å². The predicted octanol–water partition coefficient (Wildman–Crippen LogP) is 6.59. The van der Waals surface area contributed by atoms with Crippen molar-refractivity contribution in [1.82, 2.24) is 4.98 Å². The molecule has 0 saturated carbocycles. The number of aryl methyl sites for hydroxylation is 2. The van der Waals surface area contributed by atoms with Gasteiger partial charge in [0.25, 0.3) is 5.91 Å². The number of methoxy groups -OCH3 is 1. The second-order valence-electron chi connectivity index (χ2n) is 9.10. The summed E-state index contributed by atoms with van der Waals surface area (Å²) >= 11 is 1.23. The lowest BCUT2D eigenvalue weighted by Gasteiger charge is -2.24. The second-order valence-corrected chi connectivity index (χ2v) is 10.1. The second kappa shape index (κ2) is 8.81. The number of hydrogen-bond donors (Lipinski definition) is 1. The standard InChI is InChI=1S/C29H21FN2O5S/c1-14-11-15(2)23-21(12-14)38-29(31-23)32-24(17-8-4-5-9-18(17)30)22(26(34)28(32)35)25(33)20-13-16-7-6-10-19(36-3)27(16)37-20/h4-13,24,34H,1-3H3. The average molecular weight is 529 g/mol. The summed E-state index contributed by atoms with van der Waals surface area (Å²) in [4.78, 5) is 33.2. The van der Waals surface area contributed by atoms with Crippen LogP contribution in [0.25, 0.3) is 21.2 Å². The molecule has 1 atom stereocenters. The Kier molecular flexibility index (Phi) is 5.53. The molecule has 0 spiro atoms. The molecular formula is C29H21FN2O5S. The smallest absolute Gasteiger partial charge is 0.296 e. The summed E-state index contributed by atoms with van der Waals surface area (Å²) < 4.78 is 27.2. The van der Waals surface area contributed by atoms with Crippen LogP contribution in [0, 0.1) is 19.7 Å². The maximum Gasteiger partial charge on any atom is 0.296 e. The highest BCUT2D eigenvalue weighted by molar-refractivity contribution is 7.22. The molecule has 3 heterocycles. The number of hydrogen-bond acceptors (Lipinski definition) is 7. The molecule has 2 aromatic heterocycles. The molecule has 0 saturated heterocycles. The van der Waals surface area contributed by atoms with Crippen LogP contribution < -0.4 is 9.64 Å². The summed E-state index contributed by atoms with van der Waals surface area (Å²) in [6.45, 7) is 3.88. The van der Waals surface area contributed by atoms with E-state index in [0.29, 0.717) is 22.2 Å². The van der Waals surface area contributed by atoms with E-state index >= 15 is 4.39 Å². The van der Waals surface area contributed by atoms with Gasteiger partial charge in [-0.25, -0.2) is 9.37 Å². The Hall–Kier alpha value is -4.50. The van der Waals surface area contributed by atoms with Crippen molar-refractivity contribution in [3.05, 3.63) is 100 Å². The van der Waals surface area contributed by atoms with E-state index in [2.05, 4.69) is 4.98 Å². The summed E-state index contributed by atoms with van der Waals surface area (Å²) in [6, 6.07) is 15.2. The maximum atomic E-state index is 15.2. The highest BCUT2D eigenvalue weighted by Crippen LogP contribution is 2.45. The summed E-state index contributed by atoms with van der Waals surface area (Å²) in [5, 5.41) is 11.9. The Bertz CT molecular complexity index is 1820. The normalized spacial score (nSPS) is 15.7. The molecule has 1 amide bonds. The van der Waals surface area contributed by atoms with E-state index in [-0.39, 0.29) is 22.0 Å². The number of rotatable bonds is 5. The van der Waals surface area contributed by atoms with Crippen LogP contribution in [0.2, 0.25) is 0 Å². The largest absolute Gasteiger partial charge is 0.503 e. The molecule has 1 unspecified atom stereocenters. The SMILES string of the molecule is COc1cccc2cc(C(=O)C3=C(O)C(=O)N(c4nc5c(C)cc(C)cc5s4)C3c3ccccc3F)oc12. The highest BCUT2D eigenvalue weighted by atomic mass is 32.1. The van der Waals surface area contributed by atoms with Gasteiger partial charge in [-0.05, 0) is 49.2 Å². The van der Waals surface area contributed by atoms with Crippen molar-refractivity contribution in [2.24, 2.45) is 0 Å². The number of aromatic nitrogens is 1. The zero-order valence-corrected chi connectivity index (χ0v) is 21.4. The molecule has 7 nitrogen and oxygen atoms in total. The number of nitrogens with zero attached hydrogens (tertiary/aromatic N) is 2. The number of ketones is 1. The van der Waals surface area contributed by atoms with E-state index in [1.165, 1.54) is 47.6 Å². The number of halogens is 1. The van der Waals surface area contributed by atoms with Gasteiger partial charge in [0, 0.05) is 10.9 Å². The molecule has 5 aromatic rings. The number of ether oxygens (including phenoxy) is 1. The van der Waals surface area contributed by atoms with Gasteiger partial charge in [0.1, 0.15) is 11.9 Å². The highest BCUT2D eigenvalue weighted by Gasteiger charge is 2.47. The number of carbonyl (C=O) groups excluding carboxylic acids is 2. The molecule has 9 heteroatoms. The van der Waals surface area contributed by atoms with E-state index in [0.717, 1.165) is 15.8 Å². The van der Waals surface area contributed by atoms with Crippen molar-refractivity contribution in [1.29, 1.82) is 0 Å². The quantitative estimate of drug-likeness (QED) is 0.259. The van der Waals surface area contributed by atoms with Crippen LogP contribution in [0.1, 0.15) is 33.3 Å². The molecule has 1 aliphatic heterocycles. The first-order valence-electron chi connectivity index (χ1n) is 11.8. The number of anilines is 1. The Labute approximate surface area is 220 Å². The number of amides is 1. The number of fused-ring (bicyclic) bond motifs is 2. The van der Waals surface area contributed by atoms with Crippen LogP contribution in [0.3, 0.4) is 0 Å². The minimum Gasteiger partial charge on any atom is -0.503 e. The molecule has 1 aliphatic rings. The monoisotopic (exact) mass is 528 g/mol. The Balaban J connectivity index is 1.53. The van der Waals surface area contributed by atoms with E-state index in [1.807, 2.05) is 26.0 Å². The van der Waals surface area contributed by atoms with Crippen molar-refractivity contribution >= 4 is 49.3 Å². The van der Waals surface area contributed by atoms with Crippen LogP contribution in [0.5, 0.6) is 5.75 Å². The fourth-order valence-corrected chi connectivity index (χ4v) is 6.10. The molecule has 0 bridgehead atoms. The lowest BCUT2D eigenvalue weighted by atomic mass is 9.95. The topological polar surface area (TPSA) is 92.9 Å². The van der Waals surface area contributed by atoms with Crippen LogP contribution in [0.15, 0.2) is 76.4 Å². The fourth-order valence-electron chi connectivity index (χ4n) is 4.93. The minimum atomic E-state index is -1.26. The Morgan fingerprint density at radius 2 is 1.92 bits per heavy atom. The Morgan fingerprint density at radius 1 is 1.13 bits per heavy atom. The zero-order valence-electron chi connectivity index (χ0n) is 20.6. The molecule has 0 fully saturated rings. The maximum absolute atomic E-state index is 15.2. The van der Waals surface area contributed by atoms with E-state index in [4.69, 9.17) is 9.15 Å². The molecule has 190 valence electrons. The van der Waals surface area contributed by atoms with Crippen LogP contribution in [-0.2, 0) is 4.79 Å². The van der Waals surface area contributed by atoms with E-state index in [9.17, 15) is 14.7 Å². The van der Waals surface area contributed by atoms with Gasteiger partial charge in [-0.3, -0.25) is 14.5 Å². The average Bonchev–Trinajstić information content (AvgIpc) is 3.58. The molecule has 0 aliphatic carbocycles. The summed E-state index contributed by atoms with van der Waals surface area (Å²) in [5.41, 5.74) is 2.75. The summed E-state index contributed by atoms with van der Waals surface area (Å²) in [6.07, 6.45) is 0. The molecule has 6 rings (SSSR count). The number of carbonyl (C=O) groups is 2. The number of furan rings is 1. The van der Waals surface area contributed by atoms with Gasteiger partial charge in [0.05, 0.1) is 22.9 Å². The lowest BCUT2D eigenvalue weighted by molar-refractivity contribution is -0.117. The molecule has 0 radical (unpaired) electrons. The fraction of sp³-hybridized carbons (Fsp3) is 0.138. The molecular weight excluding hydrogens is 507 g/mol. The number of aliphatic hydroxyl groups excluding tert-OH is 1. The third-order valence-corrected chi connectivity index (χ3v) is 7.63. The third-order valence-electron chi connectivity index (χ3n) is 6.63. The van der Waals surface area contributed by atoms with Gasteiger partial charge in [0.2, 0.25) is 5.78 Å². The molecule has 3 aromatic carbocycles. The van der Waals surface area contributed by atoms with Gasteiger partial charge in [-0.15, -0.1) is 0 Å². The third kappa shape index (κ3) is 3.58. The van der Waals surface area contributed by atoms with Crippen molar-refractivity contribution < 1.29 is 28.2 Å². The first-order chi connectivity index (χ1) is 18.3. The molecule has 1 N–H and O–H groups in total. The zero-order chi connectivity index (χ0) is 26.7. The summed E-state index contributed by atoms with van der Waals surface area (Å²) in [7, 11) is 1.48. The molecule has 38 heavy (non-hydrogen) atoms. The van der Waals surface area contributed by atoms with Gasteiger partial charge >= 0.3 is 0 Å². The first kappa shape index (κ1) is 23.9. The van der Waals surface area contributed by atoms with Crippen LogP contribution in [-0.4, -0.2) is 28.9 Å². The van der Waals surface area contributed by atoms with Crippen molar-refractivity contribution in [3.8, 4) is 5.75 Å². The van der Waals surface area contributed by atoms with E-state index < -0.39 is 29.3 Å². The van der Waals surface area contributed by atoms with Crippen LogP contribution >= 0.6 is 11.3 Å². The number of thiazole rings is 1. The van der Waals surface area contributed by atoms with Gasteiger partial charge in [-0.1, -0.05) is 47.7 Å². The lowest BCUT2D eigenvalue weighted by Crippen LogP contribution is -2.31. The summed E-state index contributed by atoms with van der Waals surface area (Å²) in [5.74, 6) is -2.67. The minimum absolute atomic E-state index is 0.0501. The number of aliphatic hydroxyl groups is 1.